The molecule has 1 saturated heterocycles. The van der Waals surface area contributed by atoms with Gasteiger partial charge >= 0.3 is 0 Å². The Morgan fingerprint density at radius 2 is 1.66 bits per heavy atom. The smallest absolute Gasteiger partial charge is 0.300 e. The summed E-state index contributed by atoms with van der Waals surface area (Å²) in [6, 6.07) is 13.2. The molecular weight excluding hydrogens is 423 g/mol. The number of nitrogens with zero attached hydrogens (tertiary/aromatic N) is 1. The van der Waals surface area contributed by atoms with E-state index < -0.39 is 40.9 Å². The fourth-order valence-electron chi connectivity index (χ4n) is 3.69. The molecule has 1 unspecified atom stereocenters. The third kappa shape index (κ3) is 3.49. The molecule has 32 heavy (non-hydrogen) atoms. The molecule has 4 rings (SSSR count). The van der Waals surface area contributed by atoms with E-state index in [1.807, 2.05) is 0 Å². The highest BCUT2D eigenvalue weighted by atomic mass is 19.2. The van der Waals surface area contributed by atoms with Gasteiger partial charge in [-0.15, -0.1) is 0 Å². The molecule has 1 atom stereocenters. The van der Waals surface area contributed by atoms with Crippen LogP contribution < -0.4 is 9.64 Å². The molecule has 1 fully saturated rings. The minimum atomic E-state index is -1.21. The van der Waals surface area contributed by atoms with E-state index in [1.54, 1.807) is 30.3 Å². The molecule has 1 amide bonds. The second-order valence-electron chi connectivity index (χ2n) is 7.02. The topological polar surface area (TPSA) is 66.8 Å². The molecule has 0 radical (unpaired) electrons. The Morgan fingerprint density at radius 3 is 2.31 bits per heavy atom. The molecule has 3 aromatic rings. The minimum absolute atomic E-state index is 0.0785. The molecule has 0 saturated carbocycles. The molecule has 0 bridgehead atoms. The van der Waals surface area contributed by atoms with Gasteiger partial charge in [0.1, 0.15) is 17.3 Å². The van der Waals surface area contributed by atoms with Crippen molar-refractivity contribution in [3.63, 3.8) is 0 Å². The van der Waals surface area contributed by atoms with Crippen molar-refractivity contribution in [2.75, 3.05) is 12.0 Å². The van der Waals surface area contributed by atoms with E-state index in [2.05, 4.69) is 0 Å². The lowest BCUT2D eigenvalue weighted by Crippen LogP contribution is -2.29. The van der Waals surface area contributed by atoms with Crippen LogP contribution in [-0.4, -0.2) is 23.9 Å². The van der Waals surface area contributed by atoms with Crippen molar-refractivity contribution in [2.24, 2.45) is 0 Å². The Labute approximate surface area is 181 Å². The number of methoxy groups -OCH3 is 1. The fourth-order valence-corrected chi connectivity index (χ4v) is 3.69. The summed E-state index contributed by atoms with van der Waals surface area (Å²) in [7, 11) is 1.30. The molecule has 0 aliphatic carbocycles. The molecule has 1 N–H and O–H groups in total. The van der Waals surface area contributed by atoms with Gasteiger partial charge in [-0.2, -0.15) is 0 Å². The van der Waals surface area contributed by atoms with Crippen molar-refractivity contribution >= 4 is 23.1 Å². The Morgan fingerprint density at radius 1 is 0.938 bits per heavy atom. The van der Waals surface area contributed by atoms with Gasteiger partial charge in [0.2, 0.25) is 0 Å². The van der Waals surface area contributed by atoms with Crippen molar-refractivity contribution in [2.45, 2.75) is 6.04 Å². The average Bonchev–Trinajstić information content (AvgIpc) is 3.06. The predicted molar refractivity (Wildman–Crippen MR) is 111 cm³/mol. The Bertz CT molecular complexity index is 1260. The summed E-state index contributed by atoms with van der Waals surface area (Å²) in [5.41, 5.74) is -0.120. The second kappa shape index (κ2) is 8.22. The highest BCUT2D eigenvalue weighted by molar-refractivity contribution is 6.51. The largest absolute Gasteiger partial charge is 0.507 e. The summed E-state index contributed by atoms with van der Waals surface area (Å²) < 4.78 is 46.5. The second-order valence-corrected chi connectivity index (χ2v) is 7.02. The number of carbonyl (C=O) groups is 2. The van der Waals surface area contributed by atoms with Gasteiger partial charge in [0.05, 0.1) is 24.3 Å². The van der Waals surface area contributed by atoms with Crippen molar-refractivity contribution in [1.29, 1.82) is 0 Å². The zero-order valence-electron chi connectivity index (χ0n) is 16.7. The molecule has 8 heteroatoms. The first-order valence-electron chi connectivity index (χ1n) is 9.48. The number of hydrogen-bond acceptors (Lipinski definition) is 4. The van der Waals surface area contributed by atoms with Crippen LogP contribution in [0.25, 0.3) is 5.76 Å². The van der Waals surface area contributed by atoms with Gasteiger partial charge in [0.25, 0.3) is 11.7 Å². The van der Waals surface area contributed by atoms with Gasteiger partial charge < -0.3 is 9.84 Å². The van der Waals surface area contributed by atoms with Crippen LogP contribution >= 0.6 is 0 Å². The first-order chi connectivity index (χ1) is 15.3. The van der Waals surface area contributed by atoms with E-state index >= 15 is 0 Å². The van der Waals surface area contributed by atoms with Crippen molar-refractivity contribution in [3.05, 3.63) is 101 Å². The summed E-state index contributed by atoms with van der Waals surface area (Å²) in [6.45, 7) is 0. The normalized spacial score (nSPS) is 17.6. The van der Waals surface area contributed by atoms with Crippen LogP contribution in [-0.2, 0) is 9.59 Å². The quantitative estimate of drug-likeness (QED) is 0.362. The van der Waals surface area contributed by atoms with Crippen LogP contribution in [0, 0.1) is 17.5 Å². The third-order valence-corrected chi connectivity index (χ3v) is 5.16. The Balaban J connectivity index is 1.98. The number of aliphatic hydroxyl groups is 1. The van der Waals surface area contributed by atoms with Gasteiger partial charge in [-0.25, -0.2) is 13.2 Å². The summed E-state index contributed by atoms with van der Waals surface area (Å²) in [5.74, 6) is -5.71. The summed E-state index contributed by atoms with van der Waals surface area (Å²) in [5, 5.41) is 11.0. The maximum Gasteiger partial charge on any atom is 0.300 e. The summed E-state index contributed by atoms with van der Waals surface area (Å²) in [6.07, 6.45) is 0. The lowest BCUT2D eigenvalue weighted by molar-refractivity contribution is -0.132. The van der Waals surface area contributed by atoms with Crippen LogP contribution in [0.3, 0.4) is 0 Å². The lowest BCUT2D eigenvalue weighted by atomic mass is 9.95. The molecular formula is C24H16F3NO4. The molecule has 1 aliphatic rings. The van der Waals surface area contributed by atoms with Crippen LogP contribution in [0.1, 0.15) is 17.2 Å². The van der Waals surface area contributed by atoms with Crippen LogP contribution in [0.2, 0.25) is 0 Å². The third-order valence-electron chi connectivity index (χ3n) is 5.16. The monoisotopic (exact) mass is 439 g/mol. The Hall–Kier alpha value is -4.07. The molecule has 162 valence electrons. The molecule has 3 aromatic carbocycles. The number of carbonyl (C=O) groups excluding carboxylic acids is 2. The zero-order chi connectivity index (χ0) is 23.0. The molecule has 5 nitrogen and oxygen atoms in total. The van der Waals surface area contributed by atoms with Gasteiger partial charge in [-0.05, 0) is 35.9 Å². The maximum absolute atomic E-state index is 13.9. The van der Waals surface area contributed by atoms with E-state index in [1.165, 1.54) is 13.2 Å². The molecule has 1 heterocycles. The molecule has 1 aliphatic heterocycles. The number of benzene rings is 3. The standard InChI is InChI=1S/C24H16F3NO4/c1-32-19-10-7-14(25)11-16(19)22(29)20-21(13-5-3-2-4-6-13)28(24(31)23(20)30)15-8-9-17(26)18(27)12-15/h2-12,21,29H,1H3/b22-20+. The molecule has 0 spiro atoms. The number of Topliss-reactive ketones (excluding diaryl/α,β-unsaturated/α-hetero) is 1. The summed E-state index contributed by atoms with van der Waals surface area (Å²) in [4.78, 5) is 26.9. The van der Waals surface area contributed by atoms with E-state index in [0.717, 1.165) is 35.2 Å². The SMILES string of the molecule is COc1ccc(F)cc1/C(O)=C1\C(=O)C(=O)N(c2ccc(F)c(F)c2)C1c1ccccc1. The highest BCUT2D eigenvalue weighted by Gasteiger charge is 2.47. The van der Waals surface area contributed by atoms with Gasteiger partial charge in [-0.1, -0.05) is 30.3 Å². The lowest BCUT2D eigenvalue weighted by Gasteiger charge is -2.25. The van der Waals surface area contributed by atoms with E-state index in [0.29, 0.717) is 5.56 Å². The van der Waals surface area contributed by atoms with Gasteiger partial charge in [0.15, 0.2) is 11.6 Å². The van der Waals surface area contributed by atoms with Crippen LogP contribution in [0.5, 0.6) is 5.75 Å². The van der Waals surface area contributed by atoms with Crippen LogP contribution in [0.4, 0.5) is 18.9 Å². The number of amides is 1. The van der Waals surface area contributed by atoms with E-state index in [9.17, 15) is 27.9 Å². The van der Waals surface area contributed by atoms with Gasteiger partial charge in [0, 0.05) is 11.8 Å². The first-order valence-corrected chi connectivity index (χ1v) is 9.48. The number of ether oxygens (including phenoxy) is 1. The fraction of sp³-hybridized carbons (Fsp3) is 0.0833. The van der Waals surface area contributed by atoms with Crippen molar-refractivity contribution < 1.29 is 32.6 Å². The summed E-state index contributed by atoms with van der Waals surface area (Å²) >= 11 is 0. The van der Waals surface area contributed by atoms with Crippen LogP contribution in [0.15, 0.2) is 72.3 Å². The van der Waals surface area contributed by atoms with E-state index in [4.69, 9.17) is 4.74 Å². The van der Waals surface area contributed by atoms with E-state index in [-0.39, 0.29) is 22.6 Å². The predicted octanol–water partition coefficient (Wildman–Crippen LogP) is 4.74. The Kier molecular flexibility index (Phi) is 5.44. The molecule has 0 aromatic heterocycles. The number of aliphatic hydroxyl groups excluding tert-OH is 1. The highest BCUT2D eigenvalue weighted by Crippen LogP contribution is 2.43. The number of hydrogen-bond donors (Lipinski definition) is 1. The van der Waals surface area contributed by atoms with Crippen molar-refractivity contribution in [1.82, 2.24) is 0 Å². The zero-order valence-corrected chi connectivity index (χ0v) is 16.7. The maximum atomic E-state index is 13.9. The number of anilines is 1. The van der Waals surface area contributed by atoms with Crippen molar-refractivity contribution in [3.8, 4) is 5.75 Å². The van der Waals surface area contributed by atoms with Gasteiger partial charge in [-0.3, -0.25) is 14.5 Å². The first kappa shape index (κ1) is 21.2. The number of ketones is 1. The average molecular weight is 439 g/mol. The minimum Gasteiger partial charge on any atom is -0.507 e. The number of rotatable bonds is 4. The number of halogens is 3.